The minimum absolute atomic E-state index is 0.187. The van der Waals surface area contributed by atoms with Crippen molar-refractivity contribution in [3.05, 3.63) is 34.1 Å². The molecule has 1 heterocycles. The van der Waals surface area contributed by atoms with Crippen LogP contribution in [0.4, 0.5) is 4.39 Å². The molecule has 1 aromatic rings. The van der Waals surface area contributed by atoms with Crippen molar-refractivity contribution in [2.45, 2.75) is 26.3 Å². The molecule has 1 aromatic carbocycles. The Morgan fingerprint density at radius 3 is 2.74 bits per heavy atom. The van der Waals surface area contributed by atoms with Crippen LogP contribution in [0.25, 0.3) is 0 Å². The summed E-state index contributed by atoms with van der Waals surface area (Å²) in [7, 11) is 0. The highest BCUT2D eigenvalue weighted by Gasteiger charge is 2.28. The molecule has 1 aliphatic rings. The van der Waals surface area contributed by atoms with E-state index in [2.05, 4.69) is 34.7 Å². The molecule has 3 atom stereocenters. The number of halogens is 2. The summed E-state index contributed by atoms with van der Waals surface area (Å²) in [5, 5.41) is 0. The Morgan fingerprint density at radius 2 is 2.16 bits per heavy atom. The van der Waals surface area contributed by atoms with Crippen LogP contribution in [0.2, 0.25) is 0 Å². The maximum absolute atomic E-state index is 13.3. The highest BCUT2D eigenvalue weighted by atomic mass is 79.9. The molecule has 4 heteroatoms. The van der Waals surface area contributed by atoms with Gasteiger partial charge >= 0.3 is 0 Å². The number of piperidine rings is 1. The zero-order valence-corrected chi connectivity index (χ0v) is 13.2. The standard InChI is InChI=1S/C15H22BrFN2/c1-10-5-6-19(9-11(10)2)15(8-18)12-3-4-14(17)13(16)7-12/h3-4,7,10-11,15H,5-6,8-9,18H2,1-2H3. The lowest BCUT2D eigenvalue weighted by Crippen LogP contribution is -2.43. The summed E-state index contributed by atoms with van der Waals surface area (Å²) in [6.45, 7) is 7.32. The molecule has 0 bridgehead atoms. The molecule has 1 saturated heterocycles. The Balaban J connectivity index is 2.17. The Bertz CT molecular complexity index is 438. The van der Waals surface area contributed by atoms with E-state index in [1.54, 1.807) is 0 Å². The average molecular weight is 329 g/mol. The van der Waals surface area contributed by atoms with Crippen molar-refractivity contribution in [3.63, 3.8) is 0 Å². The molecule has 0 aliphatic carbocycles. The van der Waals surface area contributed by atoms with Crippen LogP contribution < -0.4 is 5.73 Å². The molecule has 2 N–H and O–H groups in total. The average Bonchev–Trinajstić information content (AvgIpc) is 2.39. The third-order valence-corrected chi connectivity index (χ3v) is 4.97. The molecule has 2 rings (SSSR count). The van der Waals surface area contributed by atoms with Crippen molar-refractivity contribution in [1.29, 1.82) is 0 Å². The topological polar surface area (TPSA) is 29.3 Å². The molecule has 0 aromatic heterocycles. The maximum Gasteiger partial charge on any atom is 0.137 e. The quantitative estimate of drug-likeness (QED) is 0.919. The molecule has 0 saturated carbocycles. The lowest BCUT2D eigenvalue weighted by molar-refractivity contribution is 0.0982. The van der Waals surface area contributed by atoms with Crippen molar-refractivity contribution in [2.24, 2.45) is 17.6 Å². The van der Waals surface area contributed by atoms with Crippen LogP contribution in [-0.2, 0) is 0 Å². The van der Waals surface area contributed by atoms with Gasteiger partial charge in [0.15, 0.2) is 0 Å². The van der Waals surface area contributed by atoms with Gasteiger partial charge in [0.05, 0.1) is 4.47 Å². The number of hydrogen-bond donors (Lipinski definition) is 1. The van der Waals surface area contributed by atoms with E-state index in [0.29, 0.717) is 16.9 Å². The van der Waals surface area contributed by atoms with Crippen LogP contribution in [0.5, 0.6) is 0 Å². The van der Waals surface area contributed by atoms with Gasteiger partial charge < -0.3 is 5.73 Å². The van der Waals surface area contributed by atoms with Gasteiger partial charge in [-0.2, -0.15) is 0 Å². The molecule has 106 valence electrons. The fourth-order valence-electron chi connectivity index (χ4n) is 2.79. The molecular formula is C15H22BrFN2. The lowest BCUT2D eigenvalue weighted by Gasteiger charge is -2.40. The molecule has 0 amide bonds. The molecule has 1 aliphatic heterocycles. The fraction of sp³-hybridized carbons (Fsp3) is 0.600. The minimum atomic E-state index is -0.222. The van der Waals surface area contributed by atoms with Gasteiger partial charge in [-0.25, -0.2) is 4.39 Å². The SMILES string of the molecule is CC1CCN(C(CN)c2ccc(F)c(Br)c2)CC1C. The second-order valence-electron chi connectivity index (χ2n) is 5.66. The van der Waals surface area contributed by atoms with Crippen molar-refractivity contribution in [2.75, 3.05) is 19.6 Å². The summed E-state index contributed by atoms with van der Waals surface area (Å²) in [6.07, 6.45) is 1.21. The van der Waals surface area contributed by atoms with Gasteiger partial charge in [-0.3, -0.25) is 4.90 Å². The van der Waals surface area contributed by atoms with Crippen LogP contribution in [0.3, 0.4) is 0 Å². The summed E-state index contributed by atoms with van der Waals surface area (Å²) in [5.74, 6) is 1.24. The second-order valence-corrected chi connectivity index (χ2v) is 6.52. The maximum atomic E-state index is 13.3. The molecule has 19 heavy (non-hydrogen) atoms. The van der Waals surface area contributed by atoms with Crippen molar-refractivity contribution in [1.82, 2.24) is 4.90 Å². The second kappa shape index (κ2) is 6.33. The first kappa shape index (κ1) is 14.9. The van der Waals surface area contributed by atoms with Crippen molar-refractivity contribution < 1.29 is 4.39 Å². The summed E-state index contributed by atoms with van der Waals surface area (Å²) >= 11 is 3.25. The zero-order valence-electron chi connectivity index (χ0n) is 11.6. The summed E-state index contributed by atoms with van der Waals surface area (Å²) in [5.41, 5.74) is 7.05. The van der Waals surface area contributed by atoms with Gasteiger partial charge in [-0.15, -0.1) is 0 Å². The van der Waals surface area contributed by atoms with E-state index in [1.807, 2.05) is 12.1 Å². The van der Waals surface area contributed by atoms with Gasteiger partial charge in [-0.1, -0.05) is 19.9 Å². The number of benzene rings is 1. The third-order valence-electron chi connectivity index (χ3n) is 4.36. The smallest absolute Gasteiger partial charge is 0.137 e. The van der Waals surface area contributed by atoms with E-state index in [4.69, 9.17) is 5.73 Å². The molecule has 1 fully saturated rings. The monoisotopic (exact) mass is 328 g/mol. The summed E-state index contributed by atoms with van der Waals surface area (Å²) < 4.78 is 13.8. The van der Waals surface area contributed by atoms with E-state index in [0.717, 1.165) is 24.6 Å². The van der Waals surface area contributed by atoms with E-state index in [-0.39, 0.29) is 11.9 Å². The molecule has 2 nitrogen and oxygen atoms in total. The first-order valence-electron chi connectivity index (χ1n) is 6.92. The molecule has 0 spiro atoms. The molecular weight excluding hydrogens is 307 g/mol. The van der Waals surface area contributed by atoms with E-state index in [9.17, 15) is 4.39 Å². The largest absolute Gasteiger partial charge is 0.329 e. The number of rotatable bonds is 3. The normalized spacial score (nSPS) is 26.4. The number of nitrogens with zero attached hydrogens (tertiary/aromatic N) is 1. The summed E-state index contributed by atoms with van der Waals surface area (Å²) in [6, 6.07) is 5.40. The Hall–Kier alpha value is -0.450. The van der Waals surface area contributed by atoms with Gasteiger partial charge in [0, 0.05) is 19.1 Å². The van der Waals surface area contributed by atoms with Gasteiger partial charge in [-0.05, 0) is 58.4 Å². The van der Waals surface area contributed by atoms with E-state index >= 15 is 0 Å². The number of likely N-dealkylation sites (tertiary alicyclic amines) is 1. The van der Waals surface area contributed by atoms with Crippen LogP contribution in [-0.4, -0.2) is 24.5 Å². The zero-order chi connectivity index (χ0) is 14.0. The highest BCUT2D eigenvalue weighted by molar-refractivity contribution is 9.10. The predicted octanol–water partition coefficient (Wildman–Crippen LogP) is 3.57. The first-order chi connectivity index (χ1) is 9.02. The van der Waals surface area contributed by atoms with Gasteiger partial charge in [0.25, 0.3) is 0 Å². The molecule has 3 unspecified atom stereocenters. The number of nitrogens with two attached hydrogens (primary N) is 1. The Morgan fingerprint density at radius 1 is 1.42 bits per heavy atom. The van der Waals surface area contributed by atoms with E-state index < -0.39 is 0 Å². The third kappa shape index (κ3) is 3.36. The Labute approximate surface area is 123 Å². The van der Waals surface area contributed by atoms with Gasteiger partial charge in [0.1, 0.15) is 5.82 Å². The Kier molecular flexibility index (Phi) is 4.98. The van der Waals surface area contributed by atoms with Crippen LogP contribution in [0, 0.1) is 17.7 Å². The van der Waals surface area contributed by atoms with Crippen LogP contribution in [0.15, 0.2) is 22.7 Å². The first-order valence-corrected chi connectivity index (χ1v) is 7.71. The minimum Gasteiger partial charge on any atom is -0.329 e. The lowest BCUT2D eigenvalue weighted by atomic mass is 9.87. The van der Waals surface area contributed by atoms with Crippen molar-refractivity contribution >= 4 is 15.9 Å². The summed E-state index contributed by atoms with van der Waals surface area (Å²) in [4.78, 5) is 2.43. The fourth-order valence-corrected chi connectivity index (χ4v) is 3.19. The highest BCUT2D eigenvalue weighted by Crippen LogP contribution is 2.30. The van der Waals surface area contributed by atoms with Crippen molar-refractivity contribution in [3.8, 4) is 0 Å². The predicted molar refractivity (Wildman–Crippen MR) is 80.4 cm³/mol. The number of hydrogen-bond acceptors (Lipinski definition) is 2. The van der Waals surface area contributed by atoms with Crippen LogP contribution >= 0.6 is 15.9 Å². The molecule has 0 radical (unpaired) electrons. The van der Waals surface area contributed by atoms with Crippen LogP contribution in [0.1, 0.15) is 31.9 Å². The van der Waals surface area contributed by atoms with E-state index in [1.165, 1.54) is 12.5 Å². The van der Waals surface area contributed by atoms with Gasteiger partial charge in [0.2, 0.25) is 0 Å².